The second-order valence-electron chi connectivity index (χ2n) is 7.16. The summed E-state index contributed by atoms with van der Waals surface area (Å²) in [5, 5.41) is 3.44. The molecule has 1 unspecified atom stereocenters. The van der Waals surface area contributed by atoms with Gasteiger partial charge in [0.25, 0.3) is 0 Å². The molecule has 2 heterocycles. The van der Waals surface area contributed by atoms with E-state index >= 15 is 0 Å². The van der Waals surface area contributed by atoms with Crippen LogP contribution in [0.3, 0.4) is 0 Å². The Morgan fingerprint density at radius 1 is 0.952 bits per heavy atom. The van der Waals surface area contributed by atoms with Crippen LogP contribution in [0, 0.1) is 0 Å². The van der Waals surface area contributed by atoms with E-state index in [2.05, 4.69) is 22.2 Å². The maximum absolute atomic E-state index is 13.2. The minimum Gasteiger partial charge on any atom is -0.335 e. The van der Waals surface area contributed by atoms with Gasteiger partial charge >= 0.3 is 0 Å². The van der Waals surface area contributed by atoms with Gasteiger partial charge in [0, 0.05) is 12.1 Å². The second-order valence-corrected chi connectivity index (χ2v) is 7.16. The molecule has 0 radical (unpaired) electrons. The monoisotopic (exact) mass is 293 g/mol. The highest BCUT2D eigenvalue weighted by Gasteiger charge is 2.38. The first-order chi connectivity index (χ1) is 10.3. The molecule has 0 bridgehead atoms. The summed E-state index contributed by atoms with van der Waals surface area (Å²) in [7, 11) is 2.12. The Labute approximate surface area is 129 Å². The summed E-state index contributed by atoms with van der Waals surface area (Å²) in [4.78, 5) is 17.8. The molecule has 2 aliphatic heterocycles. The number of nitrogens with zero attached hydrogens (tertiary/aromatic N) is 2. The fourth-order valence-electron chi connectivity index (χ4n) is 4.50. The van der Waals surface area contributed by atoms with E-state index in [0.717, 1.165) is 38.9 Å². The van der Waals surface area contributed by atoms with Crippen LogP contribution in [0.15, 0.2) is 0 Å². The molecule has 1 atom stereocenters. The Morgan fingerprint density at radius 3 is 2.24 bits per heavy atom. The number of hydrogen-bond acceptors (Lipinski definition) is 3. The van der Waals surface area contributed by atoms with Crippen molar-refractivity contribution in [3.8, 4) is 0 Å². The van der Waals surface area contributed by atoms with Crippen molar-refractivity contribution >= 4 is 5.91 Å². The number of carbonyl (C=O) groups excluding carboxylic acids is 1. The summed E-state index contributed by atoms with van der Waals surface area (Å²) in [5.41, 5.74) is 0. The quantitative estimate of drug-likeness (QED) is 0.864. The molecule has 4 heteroatoms. The van der Waals surface area contributed by atoms with Crippen molar-refractivity contribution in [3.63, 3.8) is 0 Å². The lowest BCUT2D eigenvalue weighted by atomic mass is 9.90. The van der Waals surface area contributed by atoms with Crippen molar-refractivity contribution in [2.24, 2.45) is 0 Å². The van der Waals surface area contributed by atoms with Crippen molar-refractivity contribution in [1.29, 1.82) is 0 Å². The number of nitrogens with one attached hydrogen (secondary N) is 1. The number of piperidine rings is 1. The lowest BCUT2D eigenvalue weighted by molar-refractivity contribution is -0.142. The maximum atomic E-state index is 13.2. The minimum absolute atomic E-state index is 0.154. The standard InChI is InChI=1S/C17H31N3O/c1-19-13-5-8-16(19)17(21)20(14-6-3-2-4-7-14)15-9-11-18-12-10-15/h14-16,18H,2-13H2,1H3. The van der Waals surface area contributed by atoms with Crippen LogP contribution in [0.1, 0.15) is 57.8 Å². The third-order valence-electron chi connectivity index (χ3n) is 5.73. The van der Waals surface area contributed by atoms with Crippen molar-refractivity contribution in [1.82, 2.24) is 15.1 Å². The molecule has 4 nitrogen and oxygen atoms in total. The summed E-state index contributed by atoms with van der Waals surface area (Å²) in [6.45, 7) is 3.23. The first-order valence-electron chi connectivity index (χ1n) is 9.00. The van der Waals surface area contributed by atoms with Gasteiger partial charge in [-0.15, -0.1) is 0 Å². The molecule has 0 aromatic heterocycles. The van der Waals surface area contributed by atoms with Gasteiger partial charge in [-0.3, -0.25) is 9.69 Å². The smallest absolute Gasteiger partial charge is 0.240 e. The first-order valence-corrected chi connectivity index (χ1v) is 9.00. The number of rotatable bonds is 3. The van der Waals surface area contributed by atoms with Crippen molar-refractivity contribution in [2.45, 2.75) is 75.9 Å². The van der Waals surface area contributed by atoms with Crippen molar-refractivity contribution < 1.29 is 4.79 Å². The van der Waals surface area contributed by atoms with E-state index in [1.807, 2.05) is 0 Å². The fourth-order valence-corrected chi connectivity index (χ4v) is 4.50. The molecule has 3 rings (SSSR count). The van der Waals surface area contributed by atoms with Crippen LogP contribution in [0.5, 0.6) is 0 Å². The molecule has 0 aromatic rings. The van der Waals surface area contributed by atoms with Crippen LogP contribution in [0.2, 0.25) is 0 Å². The van der Waals surface area contributed by atoms with Crippen LogP contribution in [0.25, 0.3) is 0 Å². The Kier molecular flexibility index (Phi) is 5.17. The van der Waals surface area contributed by atoms with Gasteiger partial charge in [-0.2, -0.15) is 0 Å². The first kappa shape index (κ1) is 15.3. The summed E-state index contributed by atoms with van der Waals surface area (Å²) in [6, 6.07) is 1.15. The molecule has 3 fully saturated rings. The van der Waals surface area contributed by atoms with Gasteiger partial charge in [0.05, 0.1) is 6.04 Å². The molecule has 1 aliphatic carbocycles. The highest BCUT2D eigenvalue weighted by Crippen LogP contribution is 2.29. The molecule has 120 valence electrons. The van der Waals surface area contributed by atoms with E-state index in [4.69, 9.17) is 0 Å². The van der Waals surface area contributed by atoms with Crippen molar-refractivity contribution in [3.05, 3.63) is 0 Å². The van der Waals surface area contributed by atoms with Gasteiger partial charge in [0.2, 0.25) is 5.91 Å². The number of carbonyl (C=O) groups is 1. The normalized spacial score (nSPS) is 29.7. The average molecular weight is 293 g/mol. The second kappa shape index (κ2) is 7.10. The van der Waals surface area contributed by atoms with Crippen molar-refractivity contribution in [2.75, 3.05) is 26.7 Å². The molecular weight excluding hydrogens is 262 g/mol. The Hall–Kier alpha value is -0.610. The molecule has 2 saturated heterocycles. The zero-order valence-electron chi connectivity index (χ0n) is 13.5. The average Bonchev–Trinajstić information content (AvgIpc) is 2.96. The van der Waals surface area contributed by atoms with E-state index < -0.39 is 0 Å². The number of likely N-dealkylation sites (N-methyl/N-ethyl adjacent to an activating group) is 1. The highest BCUT2D eigenvalue weighted by molar-refractivity contribution is 5.82. The third-order valence-corrected chi connectivity index (χ3v) is 5.73. The molecule has 0 aromatic carbocycles. The fraction of sp³-hybridized carbons (Fsp3) is 0.941. The topological polar surface area (TPSA) is 35.6 Å². The summed E-state index contributed by atoms with van der Waals surface area (Å²) in [5.74, 6) is 0.439. The zero-order valence-corrected chi connectivity index (χ0v) is 13.5. The predicted octanol–water partition coefficient (Wildman–Crippen LogP) is 1.99. The van der Waals surface area contributed by atoms with E-state index in [-0.39, 0.29) is 6.04 Å². The SMILES string of the molecule is CN1CCCC1C(=O)N(C1CCCCC1)C1CCNCC1. The molecule has 3 aliphatic rings. The third kappa shape index (κ3) is 3.42. The predicted molar refractivity (Wildman–Crippen MR) is 85.3 cm³/mol. The molecule has 1 saturated carbocycles. The van der Waals surface area contributed by atoms with Crippen LogP contribution in [0.4, 0.5) is 0 Å². The molecule has 21 heavy (non-hydrogen) atoms. The Balaban J connectivity index is 1.74. The van der Waals surface area contributed by atoms with Crippen LogP contribution >= 0.6 is 0 Å². The largest absolute Gasteiger partial charge is 0.335 e. The van der Waals surface area contributed by atoms with E-state index in [0.29, 0.717) is 18.0 Å². The van der Waals surface area contributed by atoms with Gasteiger partial charge in [-0.05, 0) is 65.2 Å². The number of hydrogen-bond donors (Lipinski definition) is 1. The van der Waals surface area contributed by atoms with E-state index in [9.17, 15) is 4.79 Å². The summed E-state index contributed by atoms with van der Waals surface area (Å²) in [6.07, 6.45) is 10.9. The summed E-state index contributed by atoms with van der Waals surface area (Å²) >= 11 is 0. The lowest BCUT2D eigenvalue weighted by Crippen LogP contribution is -2.56. The molecular formula is C17H31N3O. The highest BCUT2D eigenvalue weighted by atomic mass is 16.2. The molecule has 1 amide bonds. The molecule has 0 spiro atoms. The Morgan fingerprint density at radius 2 is 1.62 bits per heavy atom. The van der Waals surface area contributed by atoms with E-state index in [1.54, 1.807) is 0 Å². The summed E-state index contributed by atoms with van der Waals surface area (Å²) < 4.78 is 0. The maximum Gasteiger partial charge on any atom is 0.240 e. The van der Waals surface area contributed by atoms with Gasteiger partial charge in [-0.25, -0.2) is 0 Å². The van der Waals surface area contributed by atoms with Crippen LogP contribution < -0.4 is 5.32 Å². The number of amides is 1. The van der Waals surface area contributed by atoms with Crippen LogP contribution in [-0.4, -0.2) is 60.5 Å². The van der Waals surface area contributed by atoms with Crippen LogP contribution in [-0.2, 0) is 4.79 Å². The van der Waals surface area contributed by atoms with Gasteiger partial charge in [-0.1, -0.05) is 19.3 Å². The zero-order chi connectivity index (χ0) is 14.7. The van der Waals surface area contributed by atoms with Gasteiger partial charge in [0.1, 0.15) is 0 Å². The van der Waals surface area contributed by atoms with E-state index in [1.165, 1.54) is 38.5 Å². The van der Waals surface area contributed by atoms with Gasteiger partial charge in [0.15, 0.2) is 0 Å². The lowest BCUT2D eigenvalue weighted by Gasteiger charge is -2.43. The molecule has 1 N–H and O–H groups in total. The minimum atomic E-state index is 0.154. The Bertz CT molecular complexity index is 330. The van der Waals surface area contributed by atoms with Gasteiger partial charge < -0.3 is 10.2 Å². The number of likely N-dealkylation sites (tertiary alicyclic amines) is 1.